The Morgan fingerprint density at radius 2 is 2.08 bits per heavy atom. The first kappa shape index (κ1) is 11.2. The molecule has 13 heavy (non-hydrogen) atoms. The van der Waals surface area contributed by atoms with Crippen LogP contribution in [0.15, 0.2) is 0 Å². The van der Waals surface area contributed by atoms with Crippen molar-refractivity contribution in [3.8, 4) is 12.3 Å². The van der Waals surface area contributed by atoms with Crippen molar-refractivity contribution in [3.05, 3.63) is 0 Å². The Balaban J connectivity index is 2.44. The molecule has 1 rings (SSSR count). The zero-order valence-corrected chi connectivity index (χ0v) is 9.78. The lowest BCUT2D eigenvalue weighted by molar-refractivity contribution is 0.205. The maximum absolute atomic E-state index is 5.93. The van der Waals surface area contributed by atoms with Gasteiger partial charge in [0.25, 0.3) is 0 Å². The molecule has 0 amide bonds. The molecule has 1 aliphatic carbocycles. The number of nitrogens with zero attached hydrogens (tertiary/aromatic N) is 1. The van der Waals surface area contributed by atoms with Gasteiger partial charge in [0.2, 0.25) is 0 Å². The van der Waals surface area contributed by atoms with Gasteiger partial charge in [-0.05, 0) is 27.3 Å². The fourth-order valence-corrected chi connectivity index (χ4v) is 1.65. The summed E-state index contributed by atoms with van der Waals surface area (Å²) in [6.45, 7) is 4.89. The minimum Gasteiger partial charge on any atom is -0.290 e. The second-order valence-corrected chi connectivity index (χ2v) is 5.79. The minimum atomic E-state index is -0.501. The fourth-order valence-electron chi connectivity index (χ4n) is 1.14. The number of hydrogen-bond donors (Lipinski definition) is 0. The SMILES string of the molecule is C#CC(C)(C)N(C)CC1CC1(Cl)Cl. The lowest BCUT2D eigenvalue weighted by Gasteiger charge is -2.30. The molecule has 0 spiro atoms. The van der Waals surface area contributed by atoms with E-state index in [0.717, 1.165) is 13.0 Å². The van der Waals surface area contributed by atoms with Gasteiger partial charge in [-0.25, -0.2) is 0 Å². The Hall–Kier alpha value is 0.100. The van der Waals surface area contributed by atoms with Crippen LogP contribution in [0.2, 0.25) is 0 Å². The Bertz CT molecular complexity index is 240. The van der Waals surface area contributed by atoms with E-state index in [1.807, 2.05) is 20.9 Å². The van der Waals surface area contributed by atoms with Gasteiger partial charge in [0.05, 0.1) is 5.54 Å². The van der Waals surface area contributed by atoms with Crippen molar-refractivity contribution in [2.24, 2.45) is 5.92 Å². The predicted molar refractivity (Wildman–Crippen MR) is 58.1 cm³/mol. The lowest BCUT2D eigenvalue weighted by Crippen LogP contribution is -2.41. The third kappa shape index (κ3) is 2.53. The van der Waals surface area contributed by atoms with Crippen molar-refractivity contribution in [3.63, 3.8) is 0 Å². The number of halogens is 2. The normalized spacial score (nSPS) is 25.8. The highest BCUT2D eigenvalue weighted by atomic mass is 35.5. The van der Waals surface area contributed by atoms with Crippen LogP contribution in [0.5, 0.6) is 0 Å². The first-order valence-electron chi connectivity index (χ1n) is 4.36. The molecule has 1 atom stereocenters. The number of alkyl halides is 2. The van der Waals surface area contributed by atoms with Gasteiger partial charge in [-0.1, -0.05) is 5.92 Å². The average molecular weight is 220 g/mol. The Kier molecular flexibility index (Phi) is 2.88. The second kappa shape index (κ2) is 3.35. The second-order valence-electron chi connectivity index (χ2n) is 4.25. The third-order valence-electron chi connectivity index (χ3n) is 2.76. The molecule has 0 aliphatic heterocycles. The summed E-state index contributed by atoms with van der Waals surface area (Å²) in [5, 5.41) is 0. The highest BCUT2D eigenvalue weighted by molar-refractivity contribution is 6.50. The summed E-state index contributed by atoms with van der Waals surface area (Å²) in [5.74, 6) is 3.11. The molecule has 0 radical (unpaired) electrons. The van der Waals surface area contributed by atoms with Gasteiger partial charge in [-0.15, -0.1) is 29.6 Å². The van der Waals surface area contributed by atoms with Crippen LogP contribution in [0.1, 0.15) is 20.3 Å². The van der Waals surface area contributed by atoms with Gasteiger partial charge >= 0.3 is 0 Å². The van der Waals surface area contributed by atoms with Crippen LogP contribution in [0.3, 0.4) is 0 Å². The first-order chi connectivity index (χ1) is 5.79. The van der Waals surface area contributed by atoms with Crippen molar-refractivity contribution in [1.29, 1.82) is 0 Å². The van der Waals surface area contributed by atoms with Gasteiger partial charge in [-0.2, -0.15) is 0 Å². The van der Waals surface area contributed by atoms with E-state index in [9.17, 15) is 0 Å². The molecule has 74 valence electrons. The van der Waals surface area contributed by atoms with E-state index in [1.165, 1.54) is 0 Å². The maximum Gasteiger partial charge on any atom is 0.122 e. The van der Waals surface area contributed by atoms with E-state index >= 15 is 0 Å². The van der Waals surface area contributed by atoms with Crippen molar-refractivity contribution in [1.82, 2.24) is 4.90 Å². The molecule has 1 unspecified atom stereocenters. The summed E-state index contributed by atoms with van der Waals surface area (Å²) in [5.41, 5.74) is -0.216. The van der Waals surface area contributed by atoms with E-state index in [0.29, 0.717) is 5.92 Å². The quantitative estimate of drug-likeness (QED) is 0.521. The topological polar surface area (TPSA) is 3.24 Å². The van der Waals surface area contributed by atoms with Gasteiger partial charge in [-0.3, -0.25) is 4.90 Å². The highest BCUT2D eigenvalue weighted by Crippen LogP contribution is 2.53. The molecule has 0 N–H and O–H groups in total. The minimum absolute atomic E-state index is 0.216. The molecular weight excluding hydrogens is 205 g/mol. The van der Waals surface area contributed by atoms with Gasteiger partial charge in [0.1, 0.15) is 4.33 Å². The summed E-state index contributed by atoms with van der Waals surface area (Å²) in [7, 11) is 2.00. The van der Waals surface area contributed by atoms with Crippen LogP contribution >= 0.6 is 23.2 Å². The molecule has 0 aromatic rings. The van der Waals surface area contributed by atoms with Crippen LogP contribution in [0.4, 0.5) is 0 Å². The smallest absolute Gasteiger partial charge is 0.122 e. The number of hydrogen-bond acceptors (Lipinski definition) is 1. The van der Waals surface area contributed by atoms with E-state index in [-0.39, 0.29) is 5.54 Å². The van der Waals surface area contributed by atoms with Gasteiger partial charge in [0.15, 0.2) is 0 Å². The van der Waals surface area contributed by atoms with Gasteiger partial charge in [0, 0.05) is 12.5 Å². The monoisotopic (exact) mass is 219 g/mol. The van der Waals surface area contributed by atoms with E-state index in [2.05, 4.69) is 10.8 Å². The van der Waals surface area contributed by atoms with Crippen LogP contribution in [-0.2, 0) is 0 Å². The van der Waals surface area contributed by atoms with Crippen molar-refractivity contribution >= 4 is 23.2 Å². The van der Waals surface area contributed by atoms with Crippen LogP contribution in [0.25, 0.3) is 0 Å². The molecule has 0 saturated heterocycles. The summed E-state index contributed by atoms with van der Waals surface area (Å²) < 4.78 is -0.501. The molecule has 1 aliphatic rings. The van der Waals surface area contributed by atoms with Gasteiger partial charge < -0.3 is 0 Å². The Morgan fingerprint density at radius 3 is 2.38 bits per heavy atom. The molecule has 1 nitrogen and oxygen atoms in total. The van der Waals surface area contributed by atoms with Crippen LogP contribution in [0, 0.1) is 18.3 Å². The highest BCUT2D eigenvalue weighted by Gasteiger charge is 2.52. The first-order valence-corrected chi connectivity index (χ1v) is 5.12. The van der Waals surface area contributed by atoms with Crippen LogP contribution < -0.4 is 0 Å². The molecule has 0 bridgehead atoms. The Labute approximate surface area is 90.4 Å². The van der Waals surface area contributed by atoms with Crippen molar-refractivity contribution < 1.29 is 0 Å². The molecule has 0 aromatic carbocycles. The molecule has 0 aromatic heterocycles. The summed E-state index contributed by atoms with van der Waals surface area (Å²) >= 11 is 11.9. The number of terminal acetylenes is 1. The zero-order valence-electron chi connectivity index (χ0n) is 8.27. The third-order valence-corrected chi connectivity index (χ3v) is 3.68. The molecule has 0 heterocycles. The molecule has 3 heteroatoms. The molecule has 1 saturated carbocycles. The van der Waals surface area contributed by atoms with E-state index in [4.69, 9.17) is 29.6 Å². The maximum atomic E-state index is 5.93. The van der Waals surface area contributed by atoms with Crippen molar-refractivity contribution in [2.75, 3.05) is 13.6 Å². The number of rotatable bonds is 3. The summed E-state index contributed by atoms with van der Waals surface area (Å²) in [6, 6.07) is 0. The molecular formula is C10H15Cl2N. The van der Waals surface area contributed by atoms with Crippen LogP contribution in [-0.4, -0.2) is 28.4 Å². The average Bonchev–Trinajstić information content (AvgIpc) is 2.58. The Morgan fingerprint density at radius 1 is 1.62 bits per heavy atom. The fraction of sp³-hybridized carbons (Fsp3) is 0.800. The summed E-state index contributed by atoms with van der Waals surface area (Å²) in [6.07, 6.45) is 6.29. The zero-order chi connectivity index (χ0) is 10.3. The standard InChI is InChI=1S/C10H15Cl2N/c1-5-9(2,3)13(4)7-8-6-10(8,11)12/h1,8H,6-7H2,2-4H3. The largest absolute Gasteiger partial charge is 0.290 e. The predicted octanol–water partition coefficient (Wildman–Crippen LogP) is 2.52. The lowest BCUT2D eigenvalue weighted by atomic mass is 10.1. The van der Waals surface area contributed by atoms with E-state index in [1.54, 1.807) is 0 Å². The van der Waals surface area contributed by atoms with Crippen molar-refractivity contribution in [2.45, 2.75) is 30.1 Å². The summed E-state index contributed by atoms with van der Waals surface area (Å²) in [4.78, 5) is 2.12. The van der Waals surface area contributed by atoms with E-state index < -0.39 is 4.33 Å². The molecule has 1 fully saturated rings.